The summed E-state index contributed by atoms with van der Waals surface area (Å²) in [5, 5.41) is 5.71. The predicted octanol–water partition coefficient (Wildman–Crippen LogP) is 1.94. The number of benzene rings is 1. The zero-order valence-electron chi connectivity index (χ0n) is 15.7. The van der Waals surface area contributed by atoms with Gasteiger partial charge >= 0.3 is 5.97 Å². The van der Waals surface area contributed by atoms with Crippen LogP contribution in [0.25, 0.3) is 0 Å². The van der Waals surface area contributed by atoms with Gasteiger partial charge in [0.1, 0.15) is 0 Å². The number of hydrogen-bond acceptors (Lipinski definition) is 7. The van der Waals surface area contributed by atoms with E-state index < -0.39 is 11.9 Å². The van der Waals surface area contributed by atoms with Crippen molar-refractivity contribution in [3.05, 3.63) is 47.9 Å². The Balaban J connectivity index is 1.80. The van der Waals surface area contributed by atoms with Gasteiger partial charge in [0.05, 0.1) is 30.3 Å². The summed E-state index contributed by atoms with van der Waals surface area (Å²) < 4.78 is 9.87. The lowest BCUT2D eigenvalue weighted by Gasteiger charge is -2.35. The molecule has 9 heteroatoms. The molecule has 2 aromatic rings. The number of rotatable bonds is 4. The van der Waals surface area contributed by atoms with Crippen LogP contribution in [0.15, 0.2) is 41.0 Å². The highest BCUT2D eigenvalue weighted by atomic mass is 32.1. The monoisotopic (exact) mass is 402 g/mol. The number of likely N-dealkylation sites (N-methyl/N-ethyl adjacent to an activating group) is 1. The molecule has 0 atom stereocenters. The fraction of sp³-hybridized carbons (Fsp3) is 0.316. The second-order valence-corrected chi connectivity index (χ2v) is 6.81. The lowest BCUT2D eigenvalue weighted by Crippen LogP contribution is -2.45. The van der Waals surface area contributed by atoms with Gasteiger partial charge in [-0.2, -0.15) is 0 Å². The fourth-order valence-electron chi connectivity index (χ4n) is 2.93. The quantitative estimate of drug-likeness (QED) is 0.593. The maximum atomic E-state index is 12.1. The summed E-state index contributed by atoms with van der Waals surface area (Å²) in [5.41, 5.74) is 1.91. The number of hydrogen-bond donors (Lipinski definition) is 2. The van der Waals surface area contributed by atoms with E-state index in [1.165, 1.54) is 13.4 Å². The minimum Gasteiger partial charge on any atom is -0.465 e. The molecule has 0 spiro atoms. The highest BCUT2D eigenvalue weighted by molar-refractivity contribution is 7.80. The van der Waals surface area contributed by atoms with Crippen molar-refractivity contribution in [2.75, 3.05) is 50.6 Å². The third-order valence-corrected chi connectivity index (χ3v) is 4.69. The van der Waals surface area contributed by atoms with E-state index >= 15 is 0 Å². The molecule has 3 rings (SSSR count). The third-order valence-electron chi connectivity index (χ3n) is 4.48. The summed E-state index contributed by atoms with van der Waals surface area (Å²) in [6, 6.07) is 8.42. The van der Waals surface area contributed by atoms with Crippen molar-refractivity contribution >= 4 is 40.6 Å². The van der Waals surface area contributed by atoms with Crippen LogP contribution in [0, 0.1) is 0 Å². The van der Waals surface area contributed by atoms with E-state index in [1.54, 1.807) is 24.3 Å². The van der Waals surface area contributed by atoms with Gasteiger partial charge < -0.3 is 24.3 Å². The summed E-state index contributed by atoms with van der Waals surface area (Å²) in [5.74, 6) is -0.738. The van der Waals surface area contributed by atoms with Crippen LogP contribution in [0.5, 0.6) is 0 Å². The van der Waals surface area contributed by atoms with Crippen molar-refractivity contribution in [1.82, 2.24) is 10.2 Å². The van der Waals surface area contributed by atoms with Crippen molar-refractivity contribution in [3.8, 4) is 0 Å². The van der Waals surface area contributed by atoms with Crippen LogP contribution in [-0.2, 0) is 4.74 Å². The molecule has 0 unspecified atom stereocenters. The number of carbonyl (C=O) groups is 2. The number of esters is 1. The standard InChI is InChI=1S/C19H22N4O4S/c1-22-7-9-23(10-8-22)15-6-5-13(18(25)26-2)12-14(15)20-19(28)21-17(24)16-4-3-11-27-16/h3-6,11-12H,7-10H2,1-2H3,(H2,20,21,24,28). The number of ether oxygens (including phenoxy) is 1. The van der Waals surface area contributed by atoms with E-state index in [0.29, 0.717) is 11.3 Å². The molecule has 1 aliphatic rings. The molecule has 1 aromatic carbocycles. The lowest BCUT2D eigenvalue weighted by molar-refractivity contribution is 0.0600. The summed E-state index contributed by atoms with van der Waals surface area (Å²) in [7, 11) is 3.41. The van der Waals surface area contributed by atoms with Crippen molar-refractivity contribution in [3.63, 3.8) is 0 Å². The Hall–Kier alpha value is -2.91. The molecule has 1 fully saturated rings. The number of carbonyl (C=O) groups excluding carboxylic acids is 2. The van der Waals surface area contributed by atoms with Crippen molar-refractivity contribution in [1.29, 1.82) is 0 Å². The number of piperazine rings is 1. The topological polar surface area (TPSA) is 87.0 Å². The van der Waals surface area contributed by atoms with Crippen LogP contribution in [0.4, 0.5) is 11.4 Å². The maximum Gasteiger partial charge on any atom is 0.337 e. The minimum absolute atomic E-state index is 0.110. The highest BCUT2D eigenvalue weighted by Crippen LogP contribution is 2.28. The van der Waals surface area contributed by atoms with E-state index in [2.05, 4.69) is 27.5 Å². The molecule has 1 amide bonds. The highest BCUT2D eigenvalue weighted by Gasteiger charge is 2.20. The van der Waals surface area contributed by atoms with Gasteiger partial charge in [0.25, 0.3) is 5.91 Å². The second kappa shape index (κ2) is 8.85. The normalized spacial score (nSPS) is 14.4. The van der Waals surface area contributed by atoms with Crippen LogP contribution < -0.4 is 15.5 Å². The molecule has 1 saturated heterocycles. The largest absolute Gasteiger partial charge is 0.465 e. The van der Waals surface area contributed by atoms with Crippen LogP contribution >= 0.6 is 12.2 Å². The van der Waals surface area contributed by atoms with E-state index in [0.717, 1.165) is 31.9 Å². The summed E-state index contributed by atoms with van der Waals surface area (Å²) in [6.07, 6.45) is 1.41. The third kappa shape index (κ3) is 4.68. The van der Waals surface area contributed by atoms with E-state index in [-0.39, 0.29) is 10.9 Å². The number of nitrogens with one attached hydrogen (secondary N) is 2. The first-order chi connectivity index (χ1) is 13.5. The zero-order chi connectivity index (χ0) is 20.1. The van der Waals surface area contributed by atoms with Crippen LogP contribution in [0.2, 0.25) is 0 Å². The molecule has 1 aliphatic heterocycles. The van der Waals surface area contributed by atoms with Gasteiger partial charge in [-0.25, -0.2) is 4.79 Å². The molecule has 0 radical (unpaired) electrons. The Kier molecular flexibility index (Phi) is 6.27. The van der Waals surface area contributed by atoms with E-state index in [1.807, 2.05) is 6.07 Å². The van der Waals surface area contributed by atoms with Crippen molar-refractivity contribution < 1.29 is 18.7 Å². The molecule has 0 bridgehead atoms. The molecule has 0 aliphatic carbocycles. The van der Waals surface area contributed by atoms with E-state index in [4.69, 9.17) is 21.4 Å². The molecular formula is C19H22N4O4S. The fourth-order valence-corrected chi connectivity index (χ4v) is 3.13. The Bertz CT molecular complexity index is 861. The van der Waals surface area contributed by atoms with Gasteiger partial charge in [-0.05, 0) is 49.6 Å². The number of nitrogens with zero attached hydrogens (tertiary/aromatic N) is 2. The van der Waals surface area contributed by atoms with Gasteiger partial charge in [0, 0.05) is 26.2 Å². The molecule has 148 valence electrons. The minimum atomic E-state index is -0.451. The Morgan fingerprint density at radius 3 is 2.57 bits per heavy atom. The first-order valence-corrected chi connectivity index (χ1v) is 9.20. The maximum absolute atomic E-state index is 12.1. The molecule has 8 nitrogen and oxygen atoms in total. The average Bonchev–Trinajstić information content (AvgIpc) is 3.23. The van der Waals surface area contributed by atoms with Crippen molar-refractivity contribution in [2.45, 2.75) is 0 Å². The number of thiocarbonyl (C=S) groups is 1. The molecule has 0 saturated carbocycles. The van der Waals surface area contributed by atoms with Gasteiger partial charge in [-0.15, -0.1) is 0 Å². The van der Waals surface area contributed by atoms with Crippen molar-refractivity contribution in [2.24, 2.45) is 0 Å². The SMILES string of the molecule is COC(=O)c1ccc(N2CCN(C)CC2)c(NC(=S)NC(=O)c2ccco2)c1. The number of anilines is 2. The lowest BCUT2D eigenvalue weighted by atomic mass is 10.1. The zero-order valence-corrected chi connectivity index (χ0v) is 16.5. The number of methoxy groups -OCH3 is 1. The summed E-state index contributed by atoms with van der Waals surface area (Å²) in [4.78, 5) is 28.5. The molecule has 28 heavy (non-hydrogen) atoms. The molecule has 2 heterocycles. The Morgan fingerprint density at radius 2 is 1.93 bits per heavy atom. The smallest absolute Gasteiger partial charge is 0.337 e. The Morgan fingerprint density at radius 1 is 1.18 bits per heavy atom. The van der Waals surface area contributed by atoms with Gasteiger partial charge in [-0.1, -0.05) is 0 Å². The predicted molar refractivity (Wildman–Crippen MR) is 110 cm³/mol. The molecule has 2 N–H and O–H groups in total. The number of furan rings is 1. The summed E-state index contributed by atoms with van der Waals surface area (Å²) in [6.45, 7) is 3.54. The van der Waals surface area contributed by atoms with Crippen LogP contribution in [0.1, 0.15) is 20.9 Å². The average molecular weight is 402 g/mol. The van der Waals surface area contributed by atoms with E-state index in [9.17, 15) is 9.59 Å². The molecule has 1 aromatic heterocycles. The first kappa shape index (κ1) is 19.8. The van der Waals surface area contributed by atoms with Crippen LogP contribution in [0.3, 0.4) is 0 Å². The first-order valence-electron chi connectivity index (χ1n) is 8.79. The van der Waals surface area contributed by atoms with Gasteiger partial charge in [0.2, 0.25) is 0 Å². The van der Waals surface area contributed by atoms with Crippen LogP contribution in [-0.4, -0.2) is 62.2 Å². The number of amides is 1. The summed E-state index contributed by atoms with van der Waals surface area (Å²) >= 11 is 5.28. The molecular weight excluding hydrogens is 380 g/mol. The van der Waals surface area contributed by atoms with Gasteiger partial charge in [-0.3, -0.25) is 10.1 Å². The Labute approximate surface area is 168 Å². The second-order valence-electron chi connectivity index (χ2n) is 6.40. The van der Waals surface area contributed by atoms with Gasteiger partial charge in [0.15, 0.2) is 10.9 Å².